The number of rotatable bonds is 11. The van der Waals surface area contributed by atoms with Crippen LogP contribution in [0.25, 0.3) is 0 Å². The lowest BCUT2D eigenvalue weighted by Gasteiger charge is -2.38. The minimum atomic E-state index is -6.12. The van der Waals surface area contributed by atoms with Gasteiger partial charge in [-0.2, -0.15) is 26.3 Å². The molecule has 2 aliphatic rings. The number of alkyl halides is 6. The van der Waals surface area contributed by atoms with Gasteiger partial charge in [-0.25, -0.2) is 14.5 Å². The third-order valence-electron chi connectivity index (χ3n) is 10.2. The highest BCUT2D eigenvalue weighted by Gasteiger charge is 2.73. The maximum Gasteiger partial charge on any atom is 0.411 e. The van der Waals surface area contributed by atoms with Crippen LogP contribution < -0.4 is 10.2 Å². The summed E-state index contributed by atoms with van der Waals surface area (Å²) in [6.07, 6.45) is -10.8. The van der Waals surface area contributed by atoms with Crippen LogP contribution in [-0.4, -0.2) is 61.1 Å². The highest BCUT2D eigenvalue weighted by atomic mass is 19.4. The van der Waals surface area contributed by atoms with Crippen molar-refractivity contribution in [2.45, 2.75) is 70.1 Å². The Balaban J connectivity index is 1.15. The van der Waals surface area contributed by atoms with Crippen molar-refractivity contribution in [1.82, 2.24) is 5.32 Å². The maximum absolute atomic E-state index is 15.0. The van der Waals surface area contributed by atoms with Crippen molar-refractivity contribution in [2.75, 3.05) is 18.1 Å². The van der Waals surface area contributed by atoms with Crippen LogP contribution in [0.4, 0.5) is 32.0 Å². The number of carbonyl (C=O) groups is 6. The Kier molecular flexibility index (Phi) is 11.1. The molecule has 59 heavy (non-hydrogen) atoms. The van der Waals surface area contributed by atoms with E-state index in [1.165, 1.54) is 18.2 Å². The molecular formula is C43H36F6N2O8. The molecule has 0 unspecified atom stereocenters. The molecule has 4 amide bonds. The van der Waals surface area contributed by atoms with Gasteiger partial charge in [-0.15, -0.1) is 0 Å². The van der Waals surface area contributed by atoms with E-state index < -0.39 is 86.7 Å². The van der Waals surface area contributed by atoms with E-state index in [4.69, 9.17) is 9.47 Å². The average Bonchev–Trinajstić information content (AvgIpc) is 3.59. The van der Waals surface area contributed by atoms with Crippen LogP contribution in [0, 0.1) is 0 Å². The highest BCUT2D eigenvalue weighted by molar-refractivity contribution is 6.34. The Morgan fingerprint density at radius 1 is 0.610 bits per heavy atom. The molecule has 0 saturated heterocycles. The lowest BCUT2D eigenvalue weighted by atomic mass is 9.71. The molecule has 0 bridgehead atoms. The summed E-state index contributed by atoms with van der Waals surface area (Å²) >= 11 is 0. The van der Waals surface area contributed by atoms with E-state index in [2.05, 4.69) is 6.07 Å². The van der Waals surface area contributed by atoms with Crippen molar-refractivity contribution >= 4 is 41.3 Å². The van der Waals surface area contributed by atoms with E-state index in [1.807, 2.05) is 33.0 Å². The first kappa shape index (κ1) is 42.3. The quantitative estimate of drug-likeness (QED) is 0.0690. The van der Waals surface area contributed by atoms with Gasteiger partial charge in [0, 0.05) is 0 Å². The first-order valence-corrected chi connectivity index (χ1v) is 18.4. The number of benzene rings is 4. The van der Waals surface area contributed by atoms with Crippen LogP contribution in [-0.2, 0) is 26.7 Å². The van der Waals surface area contributed by atoms with Crippen molar-refractivity contribution in [1.29, 1.82) is 0 Å². The Bertz CT molecular complexity index is 2400. The molecule has 0 fully saturated rings. The summed E-state index contributed by atoms with van der Waals surface area (Å²) in [6.45, 7) is 8.06. The number of esters is 2. The van der Waals surface area contributed by atoms with E-state index in [1.54, 1.807) is 12.1 Å². The maximum atomic E-state index is 15.0. The number of anilines is 1. The molecule has 0 saturated carbocycles. The van der Waals surface area contributed by atoms with E-state index in [-0.39, 0.29) is 29.9 Å². The highest BCUT2D eigenvalue weighted by Crippen LogP contribution is 2.57. The number of carbonyl (C=O) groups excluding carboxylic acids is 6. The van der Waals surface area contributed by atoms with E-state index in [0.717, 1.165) is 23.6 Å². The molecule has 4 aromatic carbocycles. The number of hydrogen-bond donors (Lipinski definition) is 1. The second kappa shape index (κ2) is 15.5. The second-order valence-corrected chi connectivity index (χ2v) is 15.0. The van der Waals surface area contributed by atoms with Gasteiger partial charge in [-0.3, -0.25) is 24.5 Å². The van der Waals surface area contributed by atoms with Gasteiger partial charge in [0.05, 0.1) is 52.3 Å². The Morgan fingerprint density at radius 2 is 1.15 bits per heavy atom. The fourth-order valence-corrected chi connectivity index (χ4v) is 7.01. The van der Waals surface area contributed by atoms with Crippen molar-refractivity contribution < 1.29 is 64.6 Å². The number of fused-ring (bicyclic) bond motifs is 2. The molecule has 308 valence electrons. The monoisotopic (exact) mass is 822 g/mol. The van der Waals surface area contributed by atoms with Crippen LogP contribution in [0.3, 0.4) is 0 Å². The first-order chi connectivity index (χ1) is 27.6. The zero-order valence-electron chi connectivity index (χ0n) is 32.0. The molecule has 1 N–H and O–H groups in total. The zero-order valence-corrected chi connectivity index (χ0v) is 32.0. The molecule has 0 radical (unpaired) electrons. The number of amides is 4. The van der Waals surface area contributed by atoms with Crippen LogP contribution in [0.1, 0.15) is 125 Å². The number of aryl methyl sites for hydroxylation is 1. The summed E-state index contributed by atoms with van der Waals surface area (Å²) in [6, 6.07) is 13.4. The summed E-state index contributed by atoms with van der Waals surface area (Å²) < 4.78 is 100. The van der Waals surface area contributed by atoms with Crippen molar-refractivity contribution in [3.63, 3.8) is 0 Å². The molecule has 0 spiro atoms. The van der Waals surface area contributed by atoms with E-state index in [9.17, 15) is 55.1 Å². The molecule has 4 aromatic rings. The third kappa shape index (κ3) is 7.70. The summed E-state index contributed by atoms with van der Waals surface area (Å²) in [5.74, 6) is -5.89. The van der Waals surface area contributed by atoms with Crippen molar-refractivity contribution in [3.8, 4) is 0 Å². The minimum Gasteiger partial charge on any atom is -0.462 e. The standard InChI is InChI=1S/C43H36F6N2O8/c1-5-23-17-25(19-28(18-23)40(2,3)4)39(57)59-16-7-6-15-58-38(56)24-9-8-10-29(20-24)51-36(54)31-14-12-27(22-33(31)37(51)55)41(42(44,45)46,43(47,48)49)26-11-13-30-32(21-26)35(53)50-34(30)52/h8-14,17-22H,5-7,15-16H2,1-4H3,(H,50,52,53). The molecule has 2 heterocycles. The summed E-state index contributed by atoms with van der Waals surface area (Å²) in [4.78, 5) is 77.5. The van der Waals surface area contributed by atoms with E-state index >= 15 is 0 Å². The SMILES string of the molecule is CCc1cc(C(=O)OCCCCOC(=O)c2cccc(N3C(=O)c4ccc(C(c5ccc6c(c5)C(=O)NC6=O)(C(F)(F)F)C(F)(F)F)cc4C3=O)c2)cc(C(C)(C)C)c1. The summed E-state index contributed by atoms with van der Waals surface area (Å²) in [5.41, 5.74) is -8.23. The van der Waals surface area contributed by atoms with E-state index in [0.29, 0.717) is 59.7 Å². The average molecular weight is 823 g/mol. The molecule has 0 atom stereocenters. The molecule has 16 heteroatoms. The number of nitrogens with zero attached hydrogens (tertiary/aromatic N) is 1. The van der Waals surface area contributed by atoms with Crippen LogP contribution >= 0.6 is 0 Å². The topological polar surface area (TPSA) is 136 Å². The smallest absolute Gasteiger partial charge is 0.411 e. The van der Waals surface area contributed by atoms with Crippen LogP contribution in [0.2, 0.25) is 0 Å². The number of unbranched alkanes of at least 4 members (excludes halogenated alkanes) is 1. The van der Waals surface area contributed by atoms with Gasteiger partial charge >= 0.3 is 24.3 Å². The predicted octanol–water partition coefficient (Wildman–Crippen LogP) is 8.44. The minimum absolute atomic E-state index is 0.0487. The number of nitrogens with one attached hydrogen (secondary N) is 1. The Labute approximate surface area is 333 Å². The normalized spacial score (nSPS) is 14.3. The summed E-state index contributed by atoms with van der Waals surface area (Å²) in [5, 5.41) is 1.81. The lowest BCUT2D eigenvalue weighted by Crippen LogP contribution is -2.55. The fraction of sp³-hybridized carbons (Fsp3) is 0.302. The number of halogens is 6. The molecule has 2 aliphatic heterocycles. The predicted molar refractivity (Wildman–Crippen MR) is 199 cm³/mol. The van der Waals surface area contributed by atoms with Gasteiger partial charge in [-0.1, -0.05) is 52.0 Å². The fourth-order valence-electron chi connectivity index (χ4n) is 7.01. The van der Waals surface area contributed by atoms with Crippen LogP contribution in [0.15, 0.2) is 78.9 Å². The van der Waals surface area contributed by atoms with Crippen molar-refractivity contribution in [2.24, 2.45) is 0 Å². The third-order valence-corrected chi connectivity index (χ3v) is 10.2. The molecule has 0 aromatic heterocycles. The summed E-state index contributed by atoms with van der Waals surface area (Å²) in [7, 11) is 0. The van der Waals surface area contributed by atoms with Gasteiger partial charge in [0.15, 0.2) is 0 Å². The molecule has 0 aliphatic carbocycles. The van der Waals surface area contributed by atoms with Gasteiger partial charge in [0.2, 0.25) is 5.41 Å². The number of hydrogen-bond acceptors (Lipinski definition) is 8. The van der Waals surface area contributed by atoms with Gasteiger partial charge in [-0.05, 0) is 102 Å². The number of ether oxygens (including phenoxy) is 2. The lowest BCUT2D eigenvalue weighted by molar-refractivity contribution is -0.288. The van der Waals surface area contributed by atoms with Gasteiger partial charge < -0.3 is 9.47 Å². The first-order valence-electron chi connectivity index (χ1n) is 18.4. The van der Waals surface area contributed by atoms with Crippen molar-refractivity contribution in [3.05, 3.63) is 134 Å². The molecular weight excluding hydrogens is 786 g/mol. The zero-order chi connectivity index (χ0) is 43.2. The van der Waals surface area contributed by atoms with Gasteiger partial charge in [0.1, 0.15) is 0 Å². The molecule has 10 nitrogen and oxygen atoms in total. The largest absolute Gasteiger partial charge is 0.462 e. The number of imide groups is 2. The van der Waals surface area contributed by atoms with Crippen LogP contribution in [0.5, 0.6) is 0 Å². The Hall–Kier alpha value is -6.32. The Morgan fingerprint density at radius 3 is 1.73 bits per heavy atom. The second-order valence-electron chi connectivity index (χ2n) is 15.0. The van der Waals surface area contributed by atoms with Gasteiger partial charge in [0.25, 0.3) is 23.6 Å². The molecule has 6 rings (SSSR count).